The normalized spacial score (nSPS) is 19.9. The largest absolute Gasteiger partial charge is 0.303 e. The summed E-state index contributed by atoms with van der Waals surface area (Å²) < 4.78 is 0. The SMILES string of the molecule is CC.CC.CC.CC1CCC(C)(C)CN1C.CCC. The van der Waals surface area contributed by atoms with Crippen LogP contribution in [-0.4, -0.2) is 24.5 Å². The van der Waals surface area contributed by atoms with Gasteiger partial charge in [0, 0.05) is 12.6 Å². The number of piperidine rings is 1. The van der Waals surface area contributed by atoms with Crippen molar-refractivity contribution in [1.82, 2.24) is 4.90 Å². The standard InChI is InChI=1S/C9H19N.C3H8.3C2H6/c1-8-5-6-9(2,3)7-10(8)4;1-3-2;3*1-2/h8H,5-7H2,1-4H3;3H2,1-2H3;3*1-2H3. The summed E-state index contributed by atoms with van der Waals surface area (Å²) in [7, 11) is 2.23. The molecule has 0 aliphatic carbocycles. The van der Waals surface area contributed by atoms with Gasteiger partial charge in [-0.25, -0.2) is 0 Å². The van der Waals surface area contributed by atoms with Crippen molar-refractivity contribution in [3.05, 3.63) is 0 Å². The minimum absolute atomic E-state index is 0.557. The summed E-state index contributed by atoms with van der Waals surface area (Å²) in [6, 6.07) is 0.799. The first-order valence-corrected chi connectivity index (χ1v) is 8.63. The quantitative estimate of drug-likeness (QED) is 0.480. The van der Waals surface area contributed by atoms with Crippen molar-refractivity contribution in [1.29, 1.82) is 0 Å². The Bertz CT molecular complexity index is 130. The lowest BCUT2D eigenvalue weighted by atomic mass is 9.82. The molecule has 1 aliphatic rings. The van der Waals surface area contributed by atoms with Gasteiger partial charge in [-0.3, -0.25) is 0 Å². The fourth-order valence-corrected chi connectivity index (χ4v) is 1.73. The number of rotatable bonds is 0. The van der Waals surface area contributed by atoms with Crippen LogP contribution in [0.3, 0.4) is 0 Å². The molecule has 0 radical (unpaired) electrons. The molecule has 122 valence electrons. The minimum Gasteiger partial charge on any atom is -0.303 e. The molecule has 1 aliphatic heterocycles. The Labute approximate surface area is 126 Å². The molecule has 1 rings (SSSR count). The van der Waals surface area contributed by atoms with Gasteiger partial charge in [-0.2, -0.15) is 0 Å². The Hall–Kier alpha value is -0.0400. The highest BCUT2D eigenvalue weighted by molar-refractivity contribution is 4.81. The second-order valence-electron chi connectivity index (χ2n) is 5.17. The number of likely N-dealkylation sites (tertiary alicyclic amines) is 1. The zero-order valence-electron chi connectivity index (χ0n) is 16.4. The summed E-state index contributed by atoms with van der Waals surface area (Å²) in [6.45, 7) is 24.5. The number of nitrogens with zero attached hydrogens (tertiary/aromatic N) is 1. The number of hydrogen-bond donors (Lipinski definition) is 0. The lowest BCUT2D eigenvalue weighted by Gasteiger charge is -2.40. The third-order valence-electron chi connectivity index (χ3n) is 2.67. The average molecular weight is 276 g/mol. The van der Waals surface area contributed by atoms with Gasteiger partial charge in [-0.05, 0) is 32.2 Å². The summed E-state index contributed by atoms with van der Waals surface area (Å²) in [4.78, 5) is 2.46. The van der Waals surface area contributed by atoms with Gasteiger partial charge in [0.2, 0.25) is 0 Å². The van der Waals surface area contributed by atoms with Gasteiger partial charge < -0.3 is 4.90 Å². The maximum Gasteiger partial charge on any atom is 0.00643 e. The van der Waals surface area contributed by atoms with E-state index in [1.54, 1.807) is 0 Å². The van der Waals surface area contributed by atoms with E-state index in [0.29, 0.717) is 5.41 Å². The van der Waals surface area contributed by atoms with Crippen molar-refractivity contribution in [3.8, 4) is 0 Å². The monoisotopic (exact) mass is 275 g/mol. The molecule has 0 aromatic heterocycles. The zero-order chi connectivity index (χ0) is 16.5. The minimum atomic E-state index is 0.557. The van der Waals surface area contributed by atoms with Crippen molar-refractivity contribution >= 4 is 0 Å². The van der Waals surface area contributed by atoms with Crippen molar-refractivity contribution < 1.29 is 0 Å². The van der Waals surface area contributed by atoms with E-state index in [9.17, 15) is 0 Å². The fourth-order valence-electron chi connectivity index (χ4n) is 1.73. The van der Waals surface area contributed by atoms with Gasteiger partial charge in [-0.1, -0.05) is 75.7 Å². The molecule has 1 heteroatoms. The van der Waals surface area contributed by atoms with E-state index in [1.165, 1.54) is 25.8 Å². The third kappa shape index (κ3) is 20.4. The Kier molecular flexibility index (Phi) is 29.2. The van der Waals surface area contributed by atoms with E-state index in [0.717, 1.165) is 6.04 Å². The second-order valence-corrected chi connectivity index (χ2v) is 5.17. The van der Waals surface area contributed by atoms with E-state index in [4.69, 9.17) is 0 Å². The highest BCUT2D eigenvalue weighted by atomic mass is 15.1. The summed E-state index contributed by atoms with van der Waals surface area (Å²) in [6.07, 6.45) is 4.00. The summed E-state index contributed by atoms with van der Waals surface area (Å²) in [5.74, 6) is 0. The van der Waals surface area contributed by atoms with Gasteiger partial charge >= 0.3 is 0 Å². The maximum absolute atomic E-state index is 2.46. The van der Waals surface area contributed by atoms with E-state index in [2.05, 4.69) is 46.6 Å². The fraction of sp³-hybridized carbons (Fsp3) is 1.00. The molecule has 1 fully saturated rings. The first-order valence-electron chi connectivity index (χ1n) is 8.63. The van der Waals surface area contributed by atoms with Crippen molar-refractivity contribution in [3.63, 3.8) is 0 Å². The van der Waals surface area contributed by atoms with Crippen LogP contribution in [0.15, 0.2) is 0 Å². The van der Waals surface area contributed by atoms with Crippen LogP contribution in [0.25, 0.3) is 0 Å². The van der Waals surface area contributed by atoms with Gasteiger partial charge in [-0.15, -0.1) is 0 Å². The van der Waals surface area contributed by atoms with Crippen LogP contribution in [0.5, 0.6) is 0 Å². The molecule has 0 amide bonds. The molecule has 1 saturated heterocycles. The molecule has 1 nitrogen and oxygen atoms in total. The van der Waals surface area contributed by atoms with Gasteiger partial charge in [0.1, 0.15) is 0 Å². The molecule has 0 spiro atoms. The van der Waals surface area contributed by atoms with Crippen molar-refractivity contribution in [2.24, 2.45) is 5.41 Å². The molecular formula is C18H45N. The number of hydrogen-bond acceptors (Lipinski definition) is 1. The summed E-state index contributed by atoms with van der Waals surface area (Å²) in [5, 5.41) is 0. The van der Waals surface area contributed by atoms with Gasteiger partial charge in [0.15, 0.2) is 0 Å². The van der Waals surface area contributed by atoms with Gasteiger partial charge in [0.05, 0.1) is 0 Å². The smallest absolute Gasteiger partial charge is 0.00643 e. The zero-order valence-corrected chi connectivity index (χ0v) is 16.4. The predicted molar refractivity (Wildman–Crippen MR) is 95.1 cm³/mol. The second kappa shape index (κ2) is 20.3. The molecule has 0 saturated carbocycles. The Morgan fingerprint density at radius 3 is 1.47 bits per heavy atom. The predicted octanol–water partition coefficient (Wildman–Crippen LogP) is 6.62. The van der Waals surface area contributed by atoms with Crippen LogP contribution in [0.4, 0.5) is 0 Å². The molecular weight excluding hydrogens is 230 g/mol. The topological polar surface area (TPSA) is 3.24 Å². The molecule has 19 heavy (non-hydrogen) atoms. The molecule has 0 bridgehead atoms. The lowest BCUT2D eigenvalue weighted by molar-refractivity contribution is 0.0964. The molecule has 1 atom stereocenters. The van der Waals surface area contributed by atoms with Crippen LogP contribution in [0.1, 0.15) is 95.4 Å². The van der Waals surface area contributed by atoms with Crippen LogP contribution in [-0.2, 0) is 0 Å². The highest BCUT2D eigenvalue weighted by Crippen LogP contribution is 2.30. The third-order valence-corrected chi connectivity index (χ3v) is 2.67. The van der Waals surface area contributed by atoms with E-state index >= 15 is 0 Å². The van der Waals surface area contributed by atoms with E-state index < -0.39 is 0 Å². The van der Waals surface area contributed by atoms with Crippen LogP contribution in [0, 0.1) is 5.41 Å². The molecule has 0 aromatic carbocycles. The average Bonchev–Trinajstić information content (AvgIpc) is 2.42. The summed E-state index contributed by atoms with van der Waals surface area (Å²) in [5.41, 5.74) is 0.557. The summed E-state index contributed by atoms with van der Waals surface area (Å²) >= 11 is 0. The van der Waals surface area contributed by atoms with Crippen LogP contribution >= 0.6 is 0 Å². The van der Waals surface area contributed by atoms with Crippen LogP contribution < -0.4 is 0 Å². The van der Waals surface area contributed by atoms with Crippen molar-refractivity contribution in [2.75, 3.05) is 13.6 Å². The van der Waals surface area contributed by atoms with Gasteiger partial charge in [0.25, 0.3) is 0 Å². The first kappa shape index (κ1) is 27.3. The molecule has 0 aromatic rings. The Morgan fingerprint density at radius 2 is 1.26 bits per heavy atom. The molecule has 1 heterocycles. The van der Waals surface area contributed by atoms with E-state index in [1.807, 2.05) is 41.5 Å². The molecule has 0 N–H and O–H groups in total. The Balaban J connectivity index is -0.000000106. The molecule has 1 unspecified atom stereocenters. The lowest BCUT2D eigenvalue weighted by Crippen LogP contribution is -2.42. The van der Waals surface area contributed by atoms with Crippen LogP contribution in [0.2, 0.25) is 0 Å². The van der Waals surface area contributed by atoms with E-state index in [-0.39, 0.29) is 0 Å². The Morgan fingerprint density at radius 1 is 0.947 bits per heavy atom. The highest BCUT2D eigenvalue weighted by Gasteiger charge is 2.27. The van der Waals surface area contributed by atoms with Crippen molar-refractivity contribution in [2.45, 2.75) is 101 Å². The first-order chi connectivity index (χ1) is 8.93. The maximum atomic E-state index is 2.46.